The number of guanidine groups is 1. The largest absolute Gasteiger partial charge is 0.497 e. The summed E-state index contributed by atoms with van der Waals surface area (Å²) in [6.45, 7) is 6.25. The highest BCUT2D eigenvalue weighted by Gasteiger charge is 2.24. The summed E-state index contributed by atoms with van der Waals surface area (Å²) >= 11 is 0. The van der Waals surface area contributed by atoms with E-state index in [1.54, 1.807) is 7.11 Å². The van der Waals surface area contributed by atoms with E-state index in [0.717, 1.165) is 70.4 Å². The van der Waals surface area contributed by atoms with Crippen LogP contribution in [0.25, 0.3) is 0 Å². The van der Waals surface area contributed by atoms with E-state index in [4.69, 9.17) is 14.2 Å². The summed E-state index contributed by atoms with van der Waals surface area (Å²) in [4.78, 5) is 6.93. The molecule has 0 radical (unpaired) electrons. The van der Waals surface area contributed by atoms with Gasteiger partial charge in [0.15, 0.2) is 5.96 Å². The van der Waals surface area contributed by atoms with Gasteiger partial charge >= 0.3 is 0 Å². The molecule has 1 aromatic carbocycles. The normalized spacial score (nSPS) is 20.3. The van der Waals surface area contributed by atoms with Gasteiger partial charge in [-0.3, -0.25) is 9.89 Å². The first-order chi connectivity index (χ1) is 14.8. The highest BCUT2D eigenvalue weighted by molar-refractivity contribution is 14.0. The van der Waals surface area contributed by atoms with Gasteiger partial charge in [0.25, 0.3) is 0 Å². The molecule has 176 valence electrons. The van der Waals surface area contributed by atoms with Gasteiger partial charge in [-0.15, -0.1) is 24.0 Å². The first kappa shape index (κ1) is 26.2. The van der Waals surface area contributed by atoms with E-state index in [1.165, 1.54) is 18.4 Å². The summed E-state index contributed by atoms with van der Waals surface area (Å²) in [5.41, 5.74) is 1.28. The number of nitrogens with zero attached hydrogens (tertiary/aromatic N) is 2. The minimum atomic E-state index is 0. The molecule has 2 atom stereocenters. The highest BCUT2D eigenvalue weighted by Crippen LogP contribution is 2.27. The lowest BCUT2D eigenvalue weighted by atomic mass is 10.1. The predicted octanol–water partition coefficient (Wildman–Crippen LogP) is 3.20. The molecule has 31 heavy (non-hydrogen) atoms. The van der Waals surface area contributed by atoms with Crippen LogP contribution in [0.15, 0.2) is 29.3 Å². The highest BCUT2D eigenvalue weighted by atomic mass is 127. The summed E-state index contributed by atoms with van der Waals surface area (Å²) in [7, 11) is 3.54. The molecule has 2 N–H and O–H groups in total. The number of rotatable bonds is 11. The van der Waals surface area contributed by atoms with Gasteiger partial charge in [0.05, 0.1) is 25.9 Å². The third-order valence-corrected chi connectivity index (χ3v) is 5.83. The van der Waals surface area contributed by atoms with Crippen molar-refractivity contribution in [2.75, 3.05) is 60.2 Å². The van der Waals surface area contributed by atoms with Crippen molar-refractivity contribution in [2.45, 2.75) is 44.2 Å². The molecule has 7 nitrogen and oxygen atoms in total. The van der Waals surface area contributed by atoms with E-state index in [0.29, 0.717) is 18.8 Å². The fourth-order valence-electron chi connectivity index (χ4n) is 4.15. The monoisotopic (exact) mass is 546 g/mol. The summed E-state index contributed by atoms with van der Waals surface area (Å²) in [5.74, 6) is 1.74. The lowest BCUT2D eigenvalue weighted by Crippen LogP contribution is -2.43. The molecule has 1 aromatic rings. The van der Waals surface area contributed by atoms with Gasteiger partial charge in [0.1, 0.15) is 5.75 Å². The second kappa shape index (κ2) is 14.9. The molecule has 2 aliphatic rings. The zero-order valence-electron chi connectivity index (χ0n) is 19.0. The van der Waals surface area contributed by atoms with Crippen molar-refractivity contribution >= 4 is 29.9 Å². The minimum Gasteiger partial charge on any atom is -0.497 e. The molecule has 2 fully saturated rings. The van der Waals surface area contributed by atoms with E-state index in [-0.39, 0.29) is 24.0 Å². The maximum Gasteiger partial charge on any atom is 0.191 e. The molecule has 0 saturated carbocycles. The first-order valence-electron chi connectivity index (χ1n) is 11.3. The Hall–Kier alpha value is -1.10. The molecule has 0 aliphatic carbocycles. The Balaban J connectivity index is 0.00000341. The second-order valence-electron chi connectivity index (χ2n) is 7.98. The molecule has 0 aromatic heterocycles. The summed E-state index contributed by atoms with van der Waals surface area (Å²) in [6, 6.07) is 8.71. The average Bonchev–Trinajstić information content (AvgIpc) is 3.49. The topological polar surface area (TPSA) is 67.4 Å². The fourth-order valence-corrected chi connectivity index (χ4v) is 4.15. The fraction of sp³-hybridized carbons (Fsp3) is 0.696. The summed E-state index contributed by atoms with van der Waals surface area (Å²) < 4.78 is 16.8. The van der Waals surface area contributed by atoms with Crippen molar-refractivity contribution in [3.8, 4) is 5.75 Å². The average molecular weight is 546 g/mol. The third kappa shape index (κ3) is 8.75. The number of ether oxygens (including phenoxy) is 3. The van der Waals surface area contributed by atoms with E-state index in [9.17, 15) is 0 Å². The first-order valence-corrected chi connectivity index (χ1v) is 11.3. The van der Waals surface area contributed by atoms with Crippen LogP contribution in [0.5, 0.6) is 5.75 Å². The van der Waals surface area contributed by atoms with E-state index in [1.807, 2.05) is 13.1 Å². The van der Waals surface area contributed by atoms with Crippen LogP contribution >= 0.6 is 24.0 Å². The molecule has 2 aliphatic heterocycles. The predicted molar refractivity (Wildman–Crippen MR) is 136 cm³/mol. The third-order valence-electron chi connectivity index (χ3n) is 5.83. The molecular weight excluding hydrogens is 507 g/mol. The number of benzene rings is 1. The lowest BCUT2D eigenvalue weighted by molar-refractivity contribution is 0.0168. The molecule has 8 heteroatoms. The van der Waals surface area contributed by atoms with Gasteiger partial charge in [-0.1, -0.05) is 12.1 Å². The molecule has 2 unspecified atom stereocenters. The van der Waals surface area contributed by atoms with Crippen molar-refractivity contribution in [2.24, 2.45) is 4.99 Å². The van der Waals surface area contributed by atoms with Crippen LogP contribution in [-0.2, 0) is 9.47 Å². The van der Waals surface area contributed by atoms with E-state index in [2.05, 4.69) is 38.7 Å². The molecule has 2 heterocycles. The SMILES string of the molecule is CN=C(NCCCOCC1CCCO1)NCC(c1cccc(OC)c1)N1CCCC1.I. The van der Waals surface area contributed by atoms with Crippen LogP contribution in [0.3, 0.4) is 0 Å². The number of hydrogen-bond acceptors (Lipinski definition) is 5. The smallest absolute Gasteiger partial charge is 0.191 e. The number of nitrogens with one attached hydrogen (secondary N) is 2. The van der Waals surface area contributed by atoms with Gasteiger partial charge in [-0.25, -0.2) is 0 Å². The van der Waals surface area contributed by atoms with Crippen molar-refractivity contribution in [1.82, 2.24) is 15.5 Å². The summed E-state index contributed by atoms with van der Waals surface area (Å²) in [6.07, 6.45) is 6.05. The molecule has 0 bridgehead atoms. The van der Waals surface area contributed by atoms with Crippen molar-refractivity contribution in [1.29, 1.82) is 0 Å². The molecule has 3 rings (SSSR count). The van der Waals surface area contributed by atoms with Crippen LogP contribution in [0.2, 0.25) is 0 Å². The lowest BCUT2D eigenvalue weighted by Gasteiger charge is -2.29. The maximum atomic E-state index is 5.73. The van der Waals surface area contributed by atoms with Crippen molar-refractivity contribution in [3.05, 3.63) is 29.8 Å². The number of methoxy groups -OCH3 is 1. The van der Waals surface area contributed by atoms with E-state index >= 15 is 0 Å². The molecular formula is C23H39IN4O3. The Morgan fingerprint density at radius 2 is 2.10 bits per heavy atom. The number of aliphatic imine (C=N–C) groups is 1. The van der Waals surface area contributed by atoms with Crippen molar-refractivity contribution in [3.63, 3.8) is 0 Å². The van der Waals surface area contributed by atoms with E-state index < -0.39 is 0 Å². The van der Waals surface area contributed by atoms with Gasteiger partial charge in [-0.05, 0) is 62.9 Å². The zero-order valence-corrected chi connectivity index (χ0v) is 21.3. The van der Waals surface area contributed by atoms with Crippen molar-refractivity contribution < 1.29 is 14.2 Å². The van der Waals surface area contributed by atoms with Gasteiger partial charge in [0.2, 0.25) is 0 Å². The van der Waals surface area contributed by atoms with Crippen LogP contribution in [0.1, 0.15) is 43.7 Å². The molecule has 0 spiro atoms. The Labute approximate surface area is 204 Å². The van der Waals surface area contributed by atoms with Crippen LogP contribution < -0.4 is 15.4 Å². The number of likely N-dealkylation sites (tertiary alicyclic amines) is 1. The van der Waals surface area contributed by atoms with Gasteiger partial charge in [0, 0.05) is 33.4 Å². The summed E-state index contributed by atoms with van der Waals surface area (Å²) in [5, 5.41) is 6.92. The Morgan fingerprint density at radius 1 is 1.26 bits per heavy atom. The van der Waals surface area contributed by atoms with Crippen LogP contribution in [0.4, 0.5) is 0 Å². The molecule has 0 amide bonds. The van der Waals surface area contributed by atoms with Gasteiger partial charge < -0.3 is 24.8 Å². The van der Waals surface area contributed by atoms with Gasteiger partial charge in [-0.2, -0.15) is 0 Å². The Morgan fingerprint density at radius 3 is 2.81 bits per heavy atom. The van der Waals surface area contributed by atoms with Crippen LogP contribution in [0, 0.1) is 0 Å². The maximum absolute atomic E-state index is 5.73. The Bertz CT molecular complexity index is 649. The quantitative estimate of drug-likeness (QED) is 0.192. The number of halogens is 1. The van der Waals surface area contributed by atoms with Crippen LogP contribution in [-0.4, -0.2) is 77.1 Å². The number of hydrogen-bond donors (Lipinski definition) is 2. The standard InChI is InChI=1S/C23H38N4O3.HI/c1-24-23(25-11-7-14-29-18-21-10-6-15-30-21)26-17-22(27-12-3-4-13-27)19-8-5-9-20(16-19)28-2;/h5,8-9,16,21-22H,3-4,6-7,10-15,17-18H2,1-2H3,(H2,24,25,26);1H. The Kier molecular flexibility index (Phi) is 12.5. The minimum absolute atomic E-state index is 0. The second-order valence-corrected chi connectivity index (χ2v) is 7.98. The zero-order chi connectivity index (χ0) is 21.0. The molecule has 2 saturated heterocycles.